The number of rotatable bonds is 4. The predicted octanol–water partition coefficient (Wildman–Crippen LogP) is 3.12. The van der Waals surface area contributed by atoms with Crippen LogP contribution in [0.3, 0.4) is 0 Å². The molecule has 0 bridgehead atoms. The molecular formula is C14H19Cl2FN2O. The highest BCUT2D eigenvalue weighted by Gasteiger charge is 2.28. The molecular weight excluding hydrogens is 302 g/mol. The van der Waals surface area contributed by atoms with Crippen molar-refractivity contribution in [3.8, 4) is 0 Å². The zero-order valence-corrected chi connectivity index (χ0v) is 12.9. The fourth-order valence-electron chi connectivity index (χ4n) is 2.41. The number of carbonyl (C=O) groups excluding carboxylic acids is 1. The van der Waals surface area contributed by atoms with Crippen molar-refractivity contribution in [1.82, 2.24) is 10.2 Å². The van der Waals surface area contributed by atoms with Crippen LogP contribution in [0.4, 0.5) is 4.39 Å². The van der Waals surface area contributed by atoms with E-state index in [1.165, 1.54) is 12.1 Å². The molecule has 1 aromatic rings. The van der Waals surface area contributed by atoms with Gasteiger partial charge in [0, 0.05) is 24.2 Å². The van der Waals surface area contributed by atoms with E-state index in [-0.39, 0.29) is 29.9 Å². The Kier molecular flexibility index (Phi) is 6.72. The van der Waals surface area contributed by atoms with Gasteiger partial charge in [-0.3, -0.25) is 4.79 Å². The first-order chi connectivity index (χ1) is 9.13. The van der Waals surface area contributed by atoms with Crippen molar-refractivity contribution in [3.63, 3.8) is 0 Å². The van der Waals surface area contributed by atoms with E-state index in [9.17, 15) is 9.18 Å². The van der Waals surface area contributed by atoms with Gasteiger partial charge >= 0.3 is 0 Å². The standard InChI is InChI=1S/C14H18ClFN2O.ClH/c1-2-7-18(11-5-6-17-9-11)14(19)12-4-3-10(15)8-13(12)16;/h3-4,8,11,17H,2,5-7,9H2,1H3;1H. The van der Waals surface area contributed by atoms with E-state index in [4.69, 9.17) is 11.6 Å². The van der Waals surface area contributed by atoms with Gasteiger partial charge in [0.1, 0.15) is 5.82 Å². The summed E-state index contributed by atoms with van der Waals surface area (Å²) in [5.74, 6) is -0.797. The molecule has 2 rings (SSSR count). The van der Waals surface area contributed by atoms with Gasteiger partial charge in [0.2, 0.25) is 0 Å². The quantitative estimate of drug-likeness (QED) is 0.924. The molecule has 0 radical (unpaired) electrons. The number of carbonyl (C=O) groups is 1. The minimum absolute atomic E-state index is 0. The zero-order chi connectivity index (χ0) is 13.8. The molecule has 0 saturated carbocycles. The summed E-state index contributed by atoms with van der Waals surface area (Å²) in [5.41, 5.74) is 0.102. The average Bonchev–Trinajstić information content (AvgIpc) is 2.89. The van der Waals surface area contributed by atoms with Crippen LogP contribution in [0.2, 0.25) is 5.02 Å². The van der Waals surface area contributed by atoms with Crippen LogP contribution in [0.25, 0.3) is 0 Å². The van der Waals surface area contributed by atoms with Crippen LogP contribution in [0, 0.1) is 5.82 Å². The molecule has 0 aliphatic carbocycles. The van der Waals surface area contributed by atoms with Crippen LogP contribution in [0.5, 0.6) is 0 Å². The zero-order valence-electron chi connectivity index (χ0n) is 11.4. The minimum atomic E-state index is -0.551. The van der Waals surface area contributed by atoms with Crippen LogP contribution in [0.15, 0.2) is 18.2 Å². The first kappa shape index (κ1) is 17.2. The van der Waals surface area contributed by atoms with Crippen molar-refractivity contribution < 1.29 is 9.18 Å². The summed E-state index contributed by atoms with van der Waals surface area (Å²) in [4.78, 5) is 14.2. The molecule has 0 spiro atoms. The molecule has 1 aliphatic heterocycles. The minimum Gasteiger partial charge on any atom is -0.334 e. The van der Waals surface area contributed by atoms with Gasteiger partial charge in [-0.1, -0.05) is 18.5 Å². The average molecular weight is 321 g/mol. The molecule has 1 amide bonds. The molecule has 6 heteroatoms. The van der Waals surface area contributed by atoms with Crippen LogP contribution >= 0.6 is 24.0 Å². The molecule has 1 saturated heterocycles. The SMILES string of the molecule is CCCN(C(=O)c1ccc(Cl)cc1F)C1CCNC1.Cl. The Morgan fingerprint density at radius 2 is 2.30 bits per heavy atom. The molecule has 112 valence electrons. The van der Waals surface area contributed by atoms with E-state index in [1.807, 2.05) is 6.92 Å². The molecule has 1 heterocycles. The van der Waals surface area contributed by atoms with Gasteiger partial charge in [-0.25, -0.2) is 4.39 Å². The molecule has 1 aliphatic rings. The second kappa shape index (κ2) is 7.81. The Labute approximate surface area is 129 Å². The molecule has 1 N–H and O–H groups in total. The van der Waals surface area contributed by atoms with Gasteiger partial charge in [0.05, 0.1) is 5.56 Å². The fourth-order valence-corrected chi connectivity index (χ4v) is 2.57. The second-order valence-corrected chi connectivity index (χ2v) is 5.21. The first-order valence-corrected chi connectivity index (χ1v) is 6.98. The summed E-state index contributed by atoms with van der Waals surface area (Å²) in [5, 5.41) is 3.54. The van der Waals surface area contributed by atoms with Gasteiger partial charge in [-0.2, -0.15) is 0 Å². The monoisotopic (exact) mass is 320 g/mol. The number of benzene rings is 1. The summed E-state index contributed by atoms with van der Waals surface area (Å²) in [7, 11) is 0. The van der Waals surface area contributed by atoms with Crippen molar-refractivity contribution in [1.29, 1.82) is 0 Å². The van der Waals surface area contributed by atoms with Crippen LogP contribution in [-0.2, 0) is 0 Å². The van der Waals surface area contributed by atoms with E-state index in [2.05, 4.69) is 5.32 Å². The van der Waals surface area contributed by atoms with Gasteiger partial charge < -0.3 is 10.2 Å². The molecule has 0 aromatic heterocycles. The fraction of sp³-hybridized carbons (Fsp3) is 0.500. The summed E-state index contributed by atoms with van der Waals surface area (Å²) in [6.45, 7) is 4.34. The number of hydrogen-bond acceptors (Lipinski definition) is 2. The third kappa shape index (κ3) is 3.84. The van der Waals surface area contributed by atoms with Gasteiger partial charge in [0.15, 0.2) is 0 Å². The molecule has 1 unspecified atom stereocenters. The summed E-state index contributed by atoms with van der Waals surface area (Å²) in [6, 6.07) is 4.36. The molecule has 1 aromatic carbocycles. The number of nitrogens with zero attached hydrogens (tertiary/aromatic N) is 1. The van der Waals surface area contributed by atoms with Gasteiger partial charge in [0.25, 0.3) is 5.91 Å². The predicted molar refractivity (Wildman–Crippen MR) is 81.3 cm³/mol. The summed E-state index contributed by atoms with van der Waals surface area (Å²) in [6.07, 6.45) is 1.78. The highest BCUT2D eigenvalue weighted by atomic mass is 35.5. The van der Waals surface area contributed by atoms with E-state index in [1.54, 1.807) is 11.0 Å². The van der Waals surface area contributed by atoms with E-state index < -0.39 is 5.82 Å². The lowest BCUT2D eigenvalue weighted by atomic mass is 10.1. The Balaban J connectivity index is 0.00000200. The van der Waals surface area contributed by atoms with Crippen molar-refractivity contribution >= 4 is 29.9 Å². The molecule has 20 heavy (non-hydrogen) atoms. The maximum Gasteiger partial charge on any atom is 0.257 e. The molecule has 3 nitrogen and oxygen atoms in total. The third-order valence-corrected chi connectivity index (χ3v) is 3.60. The van der Waals surface area contributed by atoms with Crippen LogP contribution in [0.1, 0.15) is 30.1 Å². The topological polar surface area (TPSA) is 32.3 Å². The Morgan fingerprint density at radius 3 is 2.85 bits per heavy atom. The number of amides is 1. The first-order valence-electron chi connectivity index (χ1n) is 6.60. The van der Waals surface area contributed by atoms with Gasteiger partial charge in [-0.15, -0.1) is 12.4 Å². The van der Waals surface area contributed by atoms with Crippen molar-refractivity contribution in [3.05, 3.63) is 34.6 Å². The van der Waals surface area contributed by atoms with E-state index in [0.29, 0.717) is 11.6 Å². The normalized spacial score (nSPS) is 17.6. The lowest BCUT2D eigenvalue weighted by Gasteiger charge is -2.28. The van der Waals surface area contributed by atoms with Crippen LogP contribution in [-0.4, -0.2) is 36.5 Å². The Bertz CT molecular complexity index is 464. The van der Waals surface area contributed by atoms with Gasteiger partial charge in [-0.05, 0) is 37.6 Å². The molecule has 1 fully saturated rings. The van der Waals surface area contributed by atoms with Crippen molar-refractivity contribution in [2.75, 3.05) is 19.6 Å². The third-order valence-electron chi connectivity index (χ3n) is 3.36. The van der Waals surface area contributed by atoms with E-state index >= 15 is 0 Å². The lowest BCUT2D eigenvalue weighted by molar-refractivity contribution is 0.0687. The summed E-state index contributed by atoms with van der Waals surface area (Å²) < 4.78 is 13.8. The largest absolute Gasteiger partial charge is 0.334 e. The number of nitrogens with one attached hydrogen (secondary N) is 1. The number of halogens is 3. The second-order valence-electron chi connectivity index (χ2n) is 4.77. The lowest BCUT2D eigenvalue weighted by Crippen LogP contribution is -2.42. The van der Waals surface area contributed by atoms with Crippen molar-refractivity contribution in [2.24, 2.45) is 0 Å². The summed E-state index contributed by atoms with van der Waals surface area (Å²) >= 11 is 5.71. The number of hydrogen-bond donors (Lipinski definition) is 1. The maximum atomic E-state index is 13.8. The highest BCUT2D eigenvalue weighted by Crippen LogP contribution is 2.19. The Morgan fingerprint density at radius 1 is 1.55 bits per heavy atom. The Hall–Kier alpha value is -0.840. The molecule has 1 atom stereocenters. The van der Waals surface area contributed by atoms with Crippen molar-refractivity contribution in [2.45, 2.75) is 25.8 Å². The maximum absolute atomic E-state index is 13.8. The van der Waals surface area contributed by atoms with Crippen LogP contribution < -0.4 is 5.32 Å². The van der Waals surface area contributed by atoms with E-state index in [0.717, 1.165) is 25.9 Å². The smallest absolute Gasteiger partial charge is 0.257 e. The highest BCUT2D eigenvalue weighted by molar-refractivity contribution is 6.30.